The summed E-state index contributed by atoms with van der Waals surface area (Å²) in [7, 11) is 0. The molecule has 0 unspecified atom stereocenters. The number of carbonyl (C=O) groups excluding carboxylic acids is 1. The molecule has 0 aromatic heterocycles. The van der Waals surface area contributed by atoms with Crippen LogP contribution >= 0.6 is 0 Å². The molecule has 4 nitrogen and oxygen atoms in total. The number of halogens is 3. The first-order valence-corrected chi connectivity index (χ1v) is 4.36. The van der Waals surface area contributed by atoms with Crippen molar-refractivity contribution in [1.29, 1.82) is 0 Å². The van der Waals surface area contributed by atoms with Gasteiger partial charge in [0.25, 0.3) is 0 Å². The van der Waals surface area contributed by atoms with Crippen LogP contribution in [0, 0.1) is 6.57 Å². The Morgan fingerprint density at radius 3 is 2.59 bits per heavy atom. The molecule has 1 rings (SSSR count). The van der Waals surface area contributed by atoms with Crippen LogP contribution in [-0.4, -0.2) is 12.3 Å². The number of anilines is 1. The average Bonchev–Trinajstić information content (AvgIpc) is 2.17. The molecule has 0 radical (unpaired) electrons. The van der Waals surface area contributed by atoms with E-state index in [1.807, 2.05) is 0 Å². The van der Waals surface area contributed by atoms with Gasteiger partial charge < -0.3 is 10.1 Å². The van der Waals surface area contributed by atoms with Gasteiger partial charge >= 0.3 is 6.36 Å². The maximum absolute atomic E-state index is 12.1. The second-order valence-corrected chi connectivity index (χ2v) is 3.02. The van der Waals surface area contributed by atoms with E-state index in [1.54, 1.807) is 0 Å². The first kappa shape index (κ1) is 12.8. The van der Waals surface area contributed by atoms with Crippen molar-refractivity contribution in [3.63, 3.8) is 0 Å². The Kier molecular flexibility index (Phi) is 3.58. The summed E-state index contributed by atoms with van der Waals surface area (Å²) < 4.78 is 40.0. The van der Waals surface area contributed by atoms with E-state index in [1.165, 1.54) is 12.1 Å². The number of carbonyl (C=O) groups is 1. The maximum Gasteiger partial charge on any atom is 0.573 e. The van der Waals surface area contributed by atoms with Crippen molar-refractivity contribution >= 4 is 17.3 Å². The van der Waals surface area contributed by atoms with Crippen LogP contribution in [0.25, 0.3) is 4.85 Å². The van der Waals surface area contributed by atoms with E-state index in [9.17, 15) is 18.0 Å². The van der Waals surface area contributed by atoms with Crippen LogP contribution in [0.2, 0.25) is 0 Å². The highest BCUT2D eigenvalue weighted by atomic mass is 19.4. The molecule has 17 heavy (non-hydrogen) atoms. The summed E-state index contributed by atoms with van der Waals surface area (Å²) >= 11 is 0. The van der Waals surface area contributed by atoms with Crippen molar-refractivity contribution in [3.8, 4) is 5.75 Å². The zero-order chi connectivity index (χ0) is 13.1. The quantitative estimate of drug-likeness (QED) is 0.812. The lowest BCUT2D eigenvalue weighted by Gasteiger charge is -2.13. The molecule has 0 saturated carbocycles. The molecule has 0 atom stereocenters. The molecular weight excluding hydrogens is 237 g/mol. The Hall–Kier alpha value is -2.23. The van der Waals surface area contributed by atoms with Crippen molar-refractivity contribution in [2.45, 2.75) is 13.3 Å². The zero-order valence-electron chi connectivity index (χ0n) is 8.63. The van der Waals surface area contributed by atoms with Crippen LogP contribution in [-0.2, 0) is 4.79 Å². The predicted molar refractivity (Wildman–Crippen MR) is 53.7 cm³/mol. The fourth-order valence-corrected chi connectivity index (χ4v) is 1.08. The summed E-state index contributed by atoms with van der Waals surface area (Å²) in [6.45, 7) is 7.84. The number of alkyl halides is 3. The lowest BCUT2D eigenvalue weighted by molar-refractivity contribution is -0.274. The van der Waals surface area contributed by atoms with Gasteiger partial charge in [-0.15, -0.1) is 13.2 Å². The number of rotatable bonds is 2. The lowest BCUT2D eigenvalue weighted by atomic mass is 10.2. The minimum Gasteiger partial charge on any atom is -0.405 e. The molecule has 0 saturated heterocycles. The molecule has 0 aliphatic heterocycles. The van der Waals surface area contributed by atoms with E-state index in [2.05, 4.69) is 14.9 Å². The van der Waals surface area contributed by atoms with E-state index in [0.29, 0.717) is 0 Å². The summed E-state index contributed by atoms with van der Waals surface area (Å²) in [4.78, 5) is 13.7. The topological polar surface area (TPSA) is 42.7 Å². The van der Waals surface area contributed by atoms with Gasteiger partial charge in [0.15, 0.2) is 5.69 Å². The Morgan fingerprint density at radius 1 is 1.47 bits per heavy atom. The SMILES string of the molecule is [C-]#[N+]c1ccc(NC(C)=O)c(OC(F)(F)F)c1. The molecule has 1 N–H and O–H groups in total. The van der Waals surface area contributed by atoms with Crippen LogP contribution in [0.3, 0.4) is 0 Å². The Bertz CT molecular complexity index is 477. The zero-order valence-corrected chi connectivity index (χ0v) is 8.63. The minimum atomic E-state index is -4.88. The highest BCUT2D eigenvalue weighted by molar-refractivity contribution is 5.90. The molecule has 7 heteroatoms. The normalized spacial score (nSPS) is 10.5. The largest absolute Gasteiger partial charge is 0.573 e. The fourth-order valence-electron chi connectivity index (χ4n) is 1.08. The van der Waals surface area contributed by atoms with Crippen molar-refractivity contribution < 1.29 is 22.7 Å². The lowest BCUT2D eigenvalue weighted by Crippen LogP contribution is -2.18. The van der Waals surface area contributed by atoms with Crippen LogP contribution in [0.5, 0.6) is 5.75 Å². The third kappa shape index (κ3) is 4.03. The maximum atomic E-state index is 12.1. The summed E-state index contributed by atoms with van der Waals surface area (Å²) in [6, 6.07) is 3.36. The first-order valence-electron chi connectivity index (χ1n) is 4.36. The molecule has 90 valence electrons. The van der Waals surface area contributed by atoms with Crippen molar-refractivity contribution in [3.05, 3.63) is 29.6 Å². The Balaban J connectivity index is 3.12. The van der Waals surface area contributed by atoms with E-state index in [4.69, 9.17) is 6.57 Å². The standard InChI is InChI=1S/C10H7F3N2O2/c1-6(16)15-8-4-3-7(14-2)5-9(8)17-10(11,12)13/h3-5H,1H3,(H,15,16). The van der Waals surface area contributed by atoms with Crippen LogP contribution in [0.15, 0.2) is 18.2 Å². The summed E-state index contributed by atoms with van der Waals surface area (Å²) in [5, 5.41) is 2.18. The van der Waals surface area contributed by atoms with Gasteiger partial charge in [-0.1, -0.05) is 6.07 Å². The molecule has 0 bridgehead atoms. The van der Waals surface area contributed by atoms with Gasteiger partial charge in [-0.25, -0.2) is 4.85 Å². The molecule has 0 heterocycles. The monoisotopic (exact) mass is 244 g/mol. The van der Waals surface area contributed by atoms with Crippen LogP contribution in [0.4, 0.5) is 24.5 Å². The van der Waals surface area contributed by atoms with E-state index in [0.717, 1.165) is 13.0 Å². The predicted octanol–water partition coefficient (Wildman–Crippen LogP) is 3.09. The number of ether oxygens (including phenoxy) is 1. The highest BCUT2D eigenvalue weighted by Crippen LogP contribution is 2.33. The van der Waals surface area contributed by atoms with Crippen molar-refractivity contribution in [2.75, 3.05) is 5.32 Å². The van der Waals surface area contributed by atoms with Crippen LogP contribution in [0.1, 0.15) is 6.92 Å². The molecule has 0 aliphatic carbocycles. The van der Waals surface area contributed by atoms with Crippen LogP contribution < -0.4 is 10.1 Å². The number of hydrogen-bond acceptors (Lipinski definition) is 2. The Morgan fingerprint density at radius 2 is 2.12 bits per heavy atom. The third-order valence-electron chi connectivity index (χ3n) is 1.63. The molecule has 0 fully saturated rings. The molecular formula is C10H7F3N2O2. The van der Waals surface area contributed by atoms with Crippen molar-refractivity contribution in [2.24, 2.45) is 0 Å². The number of nitrogens with one attached hydrogen (secondary N) is 1. The minimum absolute atomic E-state index is 0.0154. The molecule has 1 aromatic carbocycles. The van der Waals surface area contributed by atoms with E-state index in [-0.39, 0.29) is 11.4 Å². The van der Waals surface area contributed by atoms with Gasteiger partial charge in [-0.05, 0) is 12.1 Å². The number of amides is 1. The smallest absolute Gasteiger partial charge is 0.405 e. The van der Waals surface area contributed by atoms with Gasteiger partial charge in [0, 0.05) is 6.92 Å². The molecule has 0 spiro atoms. The molecule has 1 aromatic rings. The fraction of sp³-hybridized carbons (Fsp3) is 0.200. The second-order valence-electron chi connectivity index (χ2n) is 3.02. The van der Waals surface area contributed by atoms with E-state index >= 15 is 0 Å². The average molecular weight is 244 g/mol. The van der Waals surface area contributed by atoms with Gasteiger partial charge in [0.2, 0.25) is 5.91 Å². The Labute approximate surface area is 94.8 Å². The summed E-state index contributed by atoms with van der Waals surface area (Å²) in [6.07, 6.45) is -4.88. The van der Waals surface area contributed by atoms with Gasteiger partial charge in [0.1, 0.15) is 5.75 Å². The molecule has 0 aliphatic rings. The number of nitrogens with zero attached hydrogens (tertiary/aromatic N) is 1. The van der Waals surface area contributed by atoms with Gasteiger partial charge in [-0.2, -0.15) is 0 Å². The first-order chi connectivity index (χ1) is 7.81. The number of benzene rings is 1. The summed E-state index contributed by atoms with van der Waals surface area (Å²) in [5.41, 5.74) is -0.152. The van der Waals surface area contributed by atoms with Gasteiger partial charge in [-0.3, -0.25) is 4.79 Å². The highest BCUT2D eigenvalue weighted by Gasteiger charge is 2.32. The van der Waals surface area contributed by atoms with Gasteiger partial charge in [0.05, 0.1) is 12.3 Å². The molecule has 1 amide bonds. The van der Waals surface area contributed by atoms with E-state index < -0.39 is 18.0 Å². The number of hydrogen-bond donors (Lipinski definition) is 1. The third-order valence-corrected chi connectivity index (χ3v) is 1.63. The second kappa shape index (κ2) is 4.74. The van der Waals surface area contributed by atoms with Crippen molar-refractivity contribution in [1.82, 2.24) is 0 Å². The summed E-state index contributed by atoms with van der Waals surface area (Å²) in [5.74, 6) is -1.14.